The van der Waals surface area contributed by atoms with Crippen LogP contribution in [0.15, 0.2) is 18.7 Å². The van der Waals surface area contributed by atoms with Gasteiger partial charge < -0.3 is 19.9 Å². The van der Waals surface area contributed by atoms with Crippen molar-refractivity contribution in [3.63, 3.8) is 0 Å². The van der Waals surface area contributed by atoms with Crippen LogP contribution in [0.5, 0.6) is 5.88 Å². The minimum Gasteiger partial charge on any atom is -0.471 e. The third kappa shape index (κ3) is 4.07. The third-order valence-corrected chi connectivity index (χ3v) is 5.77. The molecule has 0 bridgehead atoms. The summed E-state index contributed by atoms with van der Waals surface area (Å²) in [5.41, 5.74) is 7.99. The number of hydrogen-bond donors (Lipinski definition) is 1. The molecule has 10 heteroatoms. The molecular weight excluding hydrogens is 396 g/mol. The lowest BCUT2D eigenvalue weighted by atomic mass is 10.0. The number of ether oxygens (including phenoxy) is 1. The molecule has 0 aromatic carbocycles. The van der Waals surface area contributed by atoms with Crippen LogP contribution in [0.3, 0.4) is 0 Å². The van der Waals surface area contributed by atoms with E-state index >= 15 is 0 Å². The van der Waals surface area contributed by atoms with Crippen LogP contribution >= 0.6 is 0 Å². The van der Waals surface area contributed by atoms with E-state index in [1.807, 2.05) is 37.2 Å². The van der Waals surface area contributed by atoms with Crippen LogP contribution in [-0.2, 0) is 11.3 Å². The van der Waals surface area contributed by atoms with E-state index in [-0.39, 0.29) is 24.0 Å². The predicted molar refractivity (Wildman–Crippen MR) is 115 cm³/mol. The van der Waals surface area contributed by atoms with Crippen LogP contribution in [0.4, 0.5) is 0 Å². The summed E-state index contributed by atoms with van der Waals surface area (Å²) in [4.78, 5) is 36.5. The molecule has 4 rings (SSSR count). The second-order valence-electron chi connectivity index (χ2n) is 8.01. The average Bonchev–Trinajstić information content (AvgIpc) is 3.38. The van der Waals surface area contributed by atoms with Crippen molar-refractivity contribution in [1.29, 1.82) is 0 Å². The summed E-state index contributed by atoms with van der Waals surface area (Å²) in [7, 11) is 0. The van der Waals surface area contributed by atoms with E-state index in [1.165, 1.54) is 6.33 Å². The molecule has 4 heterocycles. The predicted octanol–water partition coefficient (Wildman–Crippen LogP) is 1.57. The van der Waals surface area contributed by atoms with Gasteiger partial charge in [-0.05, 0) is 20.8 Å². The first kappa shape index (κ1) is 21.1. The van der Waals surface area contributed by atoms with Crippen molar-refractivity contribution in [1.82, 2.24) is 34.4 Å². The molecule has 3 atom stereocenters. The maximum absolute atomic E-state index is 12.6. The number of aryl methyl sites for hydroxylation is 2. The SMILES string of the molecule is CCn1c(-c2cnc(C)nc2)nc2c(OC3CCN(C(=O)C(C)C(C)N)C3)ncnc21. The zero-order valence-corrected chi connectivity index (χ0v) is 18.3. The molecule has 1 aliphatic rings. The lowest BCUT2D eigenvalue weighted by molar-refractivity contribution is -0.134. The van der Waals surface area contributed by atoms with Crippen molar-refractivity contribution in [2.24, 2.45) is 11.7 Å². The fourth-order valence-electron chi connectivity index (χ4n) is 3.73. The van der Waals surface area contributed by atoms with Crippen molar-refractivity contribution < 1.29 is 9.53 Å². The molecule has 1 fully saturated rings. The van der Waals surface area contributed by atoms with Gasteiger partial charge in [0.1, 0.15) is 24.1 Å². The summed E-state index contributed by atoms with van der Waals surface area (Å²) in [6.45, 7) is 9.42. The minimum atomic E-state index is -0.218. The molecule has 0 saturated carbocycles. The number of amides is 1. The average molecular weight is 425 g/mol. The molecule has 3 aromatic heterocycles. The monoisotopic (exact) mass is 424 g/mol. The maximum Gasteiger partial charge on any atom is 0.245 e. The van der Waals surface area contributed by atoms with Crippen LogP contribution in [0.25, 0.3) is 22.6 Å². The first-order valence-corrected chi connectivity index (χ1v) is 10.6. The molecule has 3 aromatic rings. The Bertz CT molecular complexity index is 1080. The first-order chi connectivity index (χ1) is 14.9. The number of carbonyl (C=O) groups excluding carboxylic acids is 1. The molecule has 1 amide bonds. The summed E-state index contributed by atoms with van der Waals surface area (Å²) in [5.74, 6) is 1.68. The summed E-state index contributed by atoms with van der Waals surface area (Å²) in [6, 6.07) is -0.184. The molecule has 1 aliphatic heterocycles. The highest BCUT2D eigenvalue weighted by atomic mass is 16.5. The second kappa shape index (κ2) is 8.54. The van der Waals surface area contributed by atoms with Gasteiger partial charge in [0.25, 0.3) is 0 Å². The van der Waals surface area contributed by atoms with Gasteiger partial charge in [0, 0.05) is 37.9 Å². The quantitative estimate of drug-likeness (QED) is 0.632. The molecular formula is C21H28N8O2. The third-order valence-electron chi connectivity index (χ3n) is 5.77. The van der Waals surface area contributed by atoms with Gasteiger partial charge in [0.15, 0.2) is 11.2 Å². The molecule has 31 heavy (non-hydrogen) atoms. The standard InChI is InChI=1S/C21H28N8O2/c1-5-29-18(15-8-23-14(4)24-9-15)27-17-19(29)25-11-26-20(17)31-16-6-7-28(10-16)21(30)12(2)13(3)22/h8-9,11-13,16H,5-7,10,22H2,1-4H3. The Morgan fingerprint density at radius 3 is 2.68 bits per heavy atom. The van der Waals surface area contributed by atoms with Crippen molar-refractivity contribution in [3.8, 4) is 17.3 Å². The number of likely N-dealkylation sites (tertiary alicyclic amines) is 1. The van der Waals surface area contributed by atoms with Crippen LogP contribution in [-0.4, -0.2) is 65.5 Å². The van der Waals surface area contributed by atoms with Gasteiger partial charge in [-0.2, -0.15) is 4.98 Å². The molecule has 10 nitrogen and oxygen atoms in total. The zero-order valence-electron chi connectivity index (χ0n) is 18.3. The summed E-state index contributed by atoms with van der Waals surface area (Å²) >= 11 is 0. The number of hydrogen-bond acceptors (Lipinski definition) is 8. The first-order valence-electron chi connectivity index (χ1n) is 10.6. The topological polar surface area (TPSA) is 125 Å². The van der Waals surface area contributed by atoms with E-state index in [4.69, 9.17) is 15.5 Å². The Labute approximate surface area is 180 Å². The van der Waals surface area contributed by atoms with Crippen molar-refractivity contribution in [2.45, 2.75) is 52.8 Å². The van der Waals surface area contributed by atoms with Gasteiger partial charge in [0.2, 0.25) is 11.8 Å². The van der Waals surface area contributed by atoms with Crippen LogP contribution in [0, 0.1) is 12.8 Å². The highest BCUT2D eigenvalue weighted by Gasteiger charge is 2.32. The Balaban J connectivity index is 1.59. The maximum atomic E-state index is 12.6. The molecule has 1 saturated heterocycles. The van der Waals surface area contributed by atoms with E-state index in [9.17, 15) is 4.79 Å². The number of aromatic nitrogens is 6. The summed E-state index contributed by atoms with van der Waals surface area (Å²) < 4.78 is 8.19. The molecule has 2 N–H and O–H groups in total. The summed E-state index contributed by atoms with van der Waals surface area (Å²) in [6.07, 6.45) is 5.57. The van der Waals surface area contributed by atoms with E-state index in [2.05, 4.69) is 19.9 Å². The van der Waals surface area contributed by atoms with E-state index in [1.54, 1.807) is 12.4 Å². The van der Waals surface area contributed by atoms with Gasteiger partial charge in [0.05, 0.1) is 18.0 Å². The van der Waals surface area contributed by atoms with Gasteiger partial charge in [-0.25, -0.2) is 19.9 Å². The van der Waals surface area contributed by atoms with Gasteiger partial charge in [-0.1, -0.05) is 6.92 Å². The van der Waals surface area contributed by atoms with Crippen molar-refractivity contribution in [2.75, 3.05) is 13.1 Å². The summed E-state index contributed by atoms with van der Waals surface area (Å²) in [5, 5.41) is 0. The number of nitrogens with zero attached hydrogens (tertiary/aromatic N) is 7. The van der Waals surface area contributed by atoms with E-state index in [0.717, 1.165) is 17.8 Å². The van der Waals surface area contributed by atoms with Crippen LogP contribution in [0.2, 0.25) is 0 Å². The number of nitrogens with two attached hydrogens (primary N) is 1. The lowest BCUT2D eigenvalue weighted by Gasteiger charge is -2.23. The normalized spacial score (nSPS) is 18.4. The molecule has 0 radical (unpaired) electrons. The van der Waals surface area contributed by atoms with Crippen LogP contribution in [0.1, 0.15) is 33.0 Å². The van der Waals surface area contributed by atoms with E-state index in [0.29, 0.717) is 42.5 Å². The molecule has 0 spiro atoms. The Kier molecular flexibility index (Phi) is 5.81. The number of carbonyl (C=O) groups is 1. The number of imidazole rings is 1. The second-order valence-corrected chi connectivity index (χ2v) is 8.01. The van der Waals surface area contributed by atoms with Gasteiger partial charge in [-0.3, -0.25) is 4.79 Å². The molecule has 3 unspecified atom stereocenters. The van der Waals surface area contributed by atoms with Gasteiger partial charge in [-0.15, -0.1) is 0 Å². The van der Waals surface area contributed by atoms with E-state index < -0.39 is 0 Å². The molecule has 164 valence electrons. The highest BCUT2D eigenvalue weighted by Crippen LogP contribution is 2.29. The zero-order chi connectivity index (χ0) is 22.1. The Hall–Kier alpha value is -3.14. The van der Waals surface area contributed by atoms with Crippen molar-refractivity contribution in [3.05, 3.63) is 24.5 Å². The lowest BCUT2D eigenvalue weighted by Crippen LogP contribution is -2.41. The smallest absolute Gasteiger partial charge is 0.245 e. The highest BCUT2D eigenvalue weighted by molar-refractivity contribution is 5.81. The number of fused-ring (bicyclic) bond motifs is 1. The fourth-order valence-corrected chi connectivity index (χ4v) is 3.73. The fraction of sp³-hybridized carbons (Fsp3) is 0.524. The Morgan fingerprint density at radius 2 is 2.00 bits per heavy atom. The largest absolute Gasteiger partial charge is 0.471 e. The van der Waals surface area contributed by atoms with Crippen molar-refractivity contribution >= 4 is 17.1 Å². The number of rotatable bonds is 6. The van der Waals surface area contributed by atoms with Crippen LogP contribution < -0.4 is 10.5 Å². The minimum absolute atomic E-state index is 0.0610. The van der Waals surface area contributed by atoms with Gasteiger partial charge >= 0.3 is 0 Å². The molecule has 0 aliphatic carbocycles. The Morgan fingerprint density at radius 1 is 1.26 bits per heavy atom.